The highest BCUT2D eigenvalue weighted by atomic mass is 16.5. The number of hydrogen-bond donors (Lipinski definition) is 1. The zero-order chi connectivity index (χ0) is 14.6. The lowest BCUT2D eigenvalue weighted by Gasteiger charge is -2.57. The van der Waals surface area contributed by atoms with Gasteiger partial charge in [-0.1, -0.05) is 12.8 Å². The monoisotopic (exact) mass is 302 g/mol. The van der Waals surface area contributed by atoms with Crippen LogP contribution in [0.4, 0.5) is 0 Å². The molecule has 5 rings (SSSR count). The molecule has 0 bridgehead atoms. The van der Waals surface area contributed by atoms with E-state index in [9.17, 15) is 0 Å². The Bertz CT molecular complexity index is 563. The van der Waals surface area contributed by atoms with Crippen molar-refractivity contribution in [2.75, 3.05) is 6.61 Å². The van der Waals surface area contributed by atoms with Gasteiger partial charge in [-0.25, -0.2) is 0 Å². The molecule has 0 amide bonds. The van der Waals surface area contributed by atoms with Gasteiger partial charge in [-0.15, -0.1) is 10.2 Å². The lowest BCUT2D eigenvalue weighted by molar-refractivity contribution is -0.131. The maximum Gasteiger partial charge on any atom is 0.147 e. The van der Waals surface area contributed by atoms with Gasteiger partial charge >= 0.3 is 0 Å². The van der Waals surface area contributed by atoms with E-state index in [1.54, 1.807) is 0 Å². The molecule has 1 saturated heterocycles. The maximum absolute atomic E-state index is 6.07. The zero-order valence-electron chi connectivity index (χ0n) is 13.3. The van der Waals surface area contributed by atoms with Crippen molar-refractivity contribution in [2.24, 2.45) is 11.3 Å². The highest BCUT2D eigenvalue weighted by Crippen LogP contribution is 2.60. The van der Waals surface area contributed by atoms with E-state index in [1.807, 2.05) is 0 Å². The predicted octanol–water partition coefficient (Wildman–Crippen LogP) is 2.05. The molecule has 1 spiro atoms. The predicted molar refractivity (Wildman–Crippen MR) is 82.3 cm³/mol. The minimum Gasteiger partial charge on any atom is -0.377 e. The molecule has 5 nitrogen and oxygen atoms in total. The van der Waals surface area contributed by atoms with Crippen LogP contribution in [0.1, 0.15) is 56.6 Å². The zero-order valence-corrected chi connectivity index (χ0v) is 13.3. The Kier molecular flexibility index (Phi) is 3.09. The highest BCUT2D eigenvalue weighted by molar-refractivity contribution is 5.17. The molecule has 3 heterocycles. The molecule has 3 atom stereocenters. The number of hydrogen-bond acceptors (Lipinski definition) is 4. The molecular weight excluding hydrogens is 276 g/mol. The molecule has 1 N–H and O–H groups in total. The summed E-state index contributed by atoms with van der Waals surface area (Å²) in [6.45, 7) is 2.95. The summed E-state index contributed by atoms with van der Waals surface area (Å²) < 4.78 is 8.42. The van der Waals surface area contributed by atoms with Gasteiger partial charge in [0.2, 0.25) is 0 Å². The molecule has 1 aromatic rings. The topological polar surface area (TPSA) is 52.0 Å². The van der Waals surface area contributed by atoms with Gasteiger partial charge in [0.15, 0.2) is 0 Å². The first-order chi connectivity index (χ1) is 10.9. The van der Waals surface area contributed by atoms with Crippen molar-refractivity contribution in [1.82, 2.24) is 20.1 Å². The lowest BCUT2D eigenvalue weighted by atomic mass is 9.54. The normalized spacial score (nSPS) is 35.4. The van der Waals surface area contributed by atoms with E-state index in [0.29, 0.717) is 17.6 Å². The molecule has 4 aliphatic rings. The molecule has 5 heteroatoms. The summed E-state index contributed by atoms with van der Waals surface area (Å²) in [5.41, 5.74) is 0.436. The van der Waals surface area contributed by atoms with E-state index >= 15 is 0 Å². The van der Waals surface area contributed by atoms with Crippen LogP contribution in [0.2, 0.25) is 0 Å². The maximum atomic E-state index is 6.07. The fraction of sp³-hybridized carbons (Fsp3) is 0.882. The number of ether oxygens (including phenoxy) is 1. The van der Waals surface area contributed by atoms with Crippen molar-refractivity contribution in [3.63, 3.8) is 0 Å². The van der Waals surface area contributed by atoms with Crippen LogP contribution in [0, 0.1) is 11.3 Å². The molecule has 2 aliphatic carbocycles. The smallest absolute Gasteiger partial charge is 0.147 e. The summed E-state index contributed by atoms with van der Waals surface area (Å²) in [7, 11) is 0. The van der Waals surface area contributed by atoms with Crippen LogP contribution in [0.15, 0.2) is 0 Å². The molecule has 0 aromatic carbocycles. The van der Waals surface area contributed by atoms with Gasteiger partial charge in [-0.3, -0.25) is 0 Å². The number of rotatable bonds is 3. The van der Waals surface area contributed by atoms with Crippen molar-refractivity contribution in [3.8, 4) is 0 Å². The van der Waals surface area contributed by atoms with E-state index in [0.717, 1.165) is 37.9 Å². The van der Waals surface area contributed by atoms with Crippen molar-refractivity contribution in [2.45, 2.75) is 76.6 Å². The van der Waals surface area contributed by atoms with Gasteiger partial charge in [0.1, 0.15) is 11.6 Å². The van der Waals surface area contributed by atoms with E-state index < -0.39 is 0 Å². The molecular formula is C17H26N4O. The van der Waals surface area contributed by atoms with Crippen LogP contribution in [0.5, 0.6) is 0 Å². The first kappa shape index (κ1) is 13.5. The van der Waals surface area contributed by atoms with E-state index in [2.05, 4.69) is 20.1 Å². The van der Waals surface area contributed by atoms with Crippen LogP contribution in [-0.2, 0) is 24.2 Å². The second-order valence-corrected chi connectivity index (χ2v) is 7.68. The van der Waals surface area contributed by atoms with E-state index in [4.69, 9.17) is 4.74 Å². The Morgan fingerprint density at radius 2 is 2.09 bits per heavy atom. The minimum absolute atomic E-state index is 0.436. The summed E-state index contributed by atoms with van der Waals surface area (Å²) in [6.07, 6.45) is 10.9. The van der Waals surface area contributed by atoms with Gasteiger partial charge in [-0.2, -0.15) is 0 Å². The Labute approximate surface area is 131 Å². The van der Waals surface area contributed by atoms with Gasteiger partial charge in [0.25, 0.3) is 0 Å². The first-order valence-electron chi connectivity index (χ1n) is 9.14. The van der Waals surface area contributed by atoms with Crippen LogP contribution < -0.4 is 5.32 Å². The van der Waals surface area contributed by atoms with Gasteiger partial charge in [0, 0.05) is 36.9 Å². The molecule has 2 aliphatic heterocycles. The number of nitrogens with one attached hydrogen (secondary N) is 1. The third-order valence-corrected chi connectivity index (χ3v) is 6.70. The minimum atomic E-state index is 0.436. The Balaban J connectivity index is 1.32. The largest absolute Gasteiger partial charge is 0.377 e. The standard InChI is InChI=1S/C17H26N4O/c1-4-9-21-13(5-1)19-20-14(21)11-18-15-12-6-10-22-16(12)17(15)7-2-3-8-17/h12,15-16,18H,1-11H2/t12-,15+,16-/m0/s1. The van der Waals surface area contributed by atoms with Gasteiger partial charge < -0.3 is 14.6 Å². The van der Waals surface area contributed by atoms with Crippen LogP contribution in [0.3, 0.4) is 0 Å². The van der Waals surface area contributed by atoms with E-state index in [-0.39, 0.29) is 0 Å². The number of aryl methyl sites for hydroxylation is 1. The fourth-order valence-corrected chi connectivity index (χ4v) is 5.71. The fourth-order valence-electron chi connectivity index (χ4n) is 5.71. The summed E-state index contributed by atoms with van der Waals surface area (Å²) in [4.78, 5) is 0. The number of nitrogens with zero attached hydrogens (tertiary/aromatic N) is 3. The van der Waals surface area contributed by atoms with Crippen LogP contribution in [0.25, 0.3) is 0 Å². The third-order valence-electron chi connectivity index (χ3n) is 6.70. The van der Waals surface area contributed by atoms with Crippen molar-refractivity contribution < 1.29 is 4.74 Å². The molecule has 1 aromatic heterocycles. The van der Waals surface area contributed by atoms with Crippen LogP contribution in [-0.4, -0.2) is 33.5 Å². The third kappa shape index (κ3) is 1.78. The Morgan fingerprint density at radius 1 is 1.18 bits per heavy atom. The Hall–Kier alpha value is -0.940. The first-order valence-corrected chi connectivity index (χ1v) is 9.14. The number of fused-ring (bicyclic) bond motifs is 3. The molecule has 0 unspecified atom stereocenters. The highest BCUT2D eigenvalue weighted by Gasteiger charge is 2.64. The van der Waals surface area contributed by atoms with Gasteiger partial charge in [-0.05, 0) is 32.1 Å². The summed E-state index contributed by atoms with van der Waals surface area (Å²) in [5, 5.41) is 12.7. The Morgan fingerprint density at radius 3 is 3.00 bits per heavy atom. The van der Waals surface area contributed by atoms with Crippen LogP contribution >= 0.6 is 0 Å². The molecule has 2 saturated carbocycles. The van der Waals surface area contributed by atoms with Crippen molar-refractivity contribution in [1.29, 1.82) is 0 Å². The van der Waals surface area contributed by atoms with E-state index in [1.165, 1.54) is 50.8 Å². The summed E-state index contributed by atoms with van der Waals surface area (Å²) >= 11 is 0. The molecule has 120 valence electrons. The SMILES string of the molecule is C1CCn2c(nnc2CN[C@@H]2[C@@H]3CCO[C@@H]3C23CCCC3)C1. The van der Waals surface area contributed by atoms with Crippen molar-refractivity contribution in [3.05, 3.63) is 11.6 Å². The molecule has 3 fully saturated rings. The second-order valence-electron chi connectivity index (χ2n) is 7.68. The quantitative estimate of drug-likeness (QED) is 0.928. The second kappa shape index (κ2) is 5.03. The summed E-state index contributed by atoms with van der Waals surface area (Å²) in [5.74, 6) is 3.07. The average Bonchev–Trinajstić information content (AvgIpc) is 3.26. The average molecular weight is 302 g/mol. The van der Waals surface area contributed by atoms with Gasteiger partial charge in [0.05, 0.1) is 12.6 Å². The summed E-state index contributed by atoms with van der Waals surface area (Å²) in [6, 6.07) is 0.638. The molecule has 0 radical (unpaired) electrons. The van der Waals surface area contributed by atoms with Crippen molar-refractivity contribution >= 4 is 0 Å². The number of aromatic nitrogens is 3. The lowest BCUT2D eigenvalue weighted by Crippen LogP contribution is -2.67. The molecule has 22 heavy (non-hydrogen) atoms.